The molecule has 0 aliphatic rings. The Kier molecular flexibility index (Phi) is 5.48. The lowest BCUT2D eigenvalue weighted by atomic mass is 10.1. The Balaban J connectivity index is 1.64. The number of pyridine rings is 1. The van der Waals surface area contributed by atoms with Gasteiger partial charge < -0.3 is 14.5 Å². The number of fused-ring (bicyclic) bond motifs is 1. The number of ether oxygens (including phenoxy) is 1. The molecule has 6 nitrogen and oxygen atoms in total. The van der Waals surface area contributed by atoms with Gasteiger partial charge in [-0.25, -0.2) is 9.97 Å². The Morgan fingerprint density at radius 1 is 1.24 bits per heavy atom. The molecule has 3 aromatic rings. The Bertz CT molecular complexity index is 1050. The van der Waals surface area contributed by atoms with Crippen LogP contribution in [0.5, 0.6) is 0 Å². The number of benzene rings is 1. The van der Waals surface area contributed by atoms with Gasteiger partial charge in [0.15, 0.2) is 11.2 Å². The van der Waals surface area contributed by atoms with Crippen LogP contribution in [-0.4, -0.2) is 34.9 Å². The molecule has 9 heteroatoms. The van der Waals surface area contributed by atoms with E-state index >= 15 is 0 Å². The van der Waals surface area contributed by atoms with Gasteiger partial charge in [0.1, 0.15) is 11.2 Å². The van der Waals surface area contributed by atoms with E-state index in [4.69, 9.17) is 14.4 Å². The molecule has 0 bridgehead atoms. The van der Waals surface area contributed by atoms with E-state index in [-0.39, 0.29) is 13.2 Å². The zero-order valence-electron chi connectivity index (χ0n) is 16.1. The number of nitriles is 1. The molecule has 0 atom stereocenters. The number of hydrogen-bond acceptors (Lipinski definition) is 6. The molecular weight excluding hydrogens is 385 g/mol. The topological polar surface area (TPSA) is 84.0 Å². The highest BCUT2D eigenvalue weighted by atomic mass is 19.4. The number of anilines is 1. The smallest absolute Gasteiger partial charge is 0.416 e. The number of aryl methyl sites for hydroxylation is 1. The fraction of sp³-hybridized carbons (Fsp3) is 0.350. The number of oxazole rings is 1. The standard InChI is InChI=1S/C20H19F3N4O2/c1-12-8-13(10-24)9-16-17(12)29-18(27-16)15-5-4-14(11-26-15)25-6-7-28-19(2,3)20(21,22)23/h4-5,8-9,11,25H,6-7H2,1-3H3. The van der Waals surface area contributed by atoms with E-state index in [1.54, 1.807) is 24.3 Å². The van der Waals surface area contributed by atoms with Crippen molar-refractivity contribution in [2.45, 2.75) is 32.5 Å². The molecule has 0 unspecified atom stereocenters. The average Bonchev–Trinajstić information content (AvgIpc) is 3.09. The van der Waals surface area contributed by atoms with Gasteiger partial charge in [0, 0.05) is 6.54 Å². The zero-order valence-corrected chi connectivity index (χ0v) is 16.1. The summed E-state index contributed by atoms with van der Waals surface area (Å²) in [4.78, 5) is 8.66. The van der Waals surface area contributed by atoms with Gasteiger partial charge in [-0.05, 0) is 50.6 Å². The molecule has 0 aliphatic heterocycles. The summed E-state index contributed by atoms with van der Waals surface area (Å²) in [6.45, 7) is 3.90. The molecule has 0 fully saturated rings. The maximum Gasteiger partial charge on any atom is 0.416 e. The minimum atomic E-state index is -4.43. The SMILES string of the molecule is Cc1cc(C#N)cc2nc(-c3ccc(NCCOC(C)(C)C(F)(F)F)cn3)oc12. The van der Waals surface area contributed by atoms with Gasteiger partial charge in [-0.1, -0.05) is 0 Å². The lowest BCUT2D eigenvalue weighted by Gasteiger charge is -2.28. The highest BCUT2D eigenvalue weighted by molar-refractivity contribution is 5.80. The Morgan fingerprint density at radius 3 is 2.62 bits per heavy atom. The summed E-state index contributed by atoms with van der Waals surface area (Å²) in [7, 11) is 0. The van der Waals surface area contributed by atoms with Crippen molar-refractivity contribution in [3.8, 4) is 17.7 Å². The molecule has 0 radical (unpaired) electrons. The molecule has 29 heavy (non-hydrogen) atoms. The zero-order chi connectivity index (χ0) is 21.2. The molecular formula is C20H19F3N4O2. The van der Waals surface area contributed by atoms with Crippen LogP contribution in [-0.2, 0) is 4.74 Å². The first kappa shape index (κ1) is 20.6. The van der Waals surface area contributed by atoms with Crippen LogP contribution in [0.3, 0.4) is 0 Å². The average molecular weight is 404 g/mol. The molecule has 0 aliphatic carbocycles. The third-order valence-corrected chi connectivity index (χ3v) is 4.36. The van der Waals surface area contributed by atoms with E-state index < -0.39 is 11.8 Å². The van der Waals surface area contributed by atoms with Gasteiger partial charge in [0.25, 0.3) is 0 Å². The molecule has 3 rings (SSSR count). The third-order valence-electron chi connectivity index (χ3n) is 4.36. The summed E-state index contributed by atoms with van der Waals surface area (Å²) in [5.74, 6) is 0.319. The summed E-state index contributed by atoms with van der Waals surface area (Å²) >= 11 is 0. The number of hydrogen-bond donors (Lipinski definition) is 1. The van der Waals surface area contributed by atoms with Crippen LogP contribution in [0.15, 0.2) is 34.9 Å². The molecule has 0 spiro atoms. The molecule has 2 heterocycles. The fourth-order valence-electron chi connectivity index (χ4n) is 2.58. The monoisotopic (exact) mass is 404 g/mol. The first-order valence-electron chi connectivity index (χ1n) is 8.83. The van der Waals surface area contributed by atoms with Crippen molar-refractivity contribution in [3.05, 3.63) is 41.6 Å². The summed E-state index contributed by atoms with van der Waals surface area (Å²) < 4.78 is 48.9. The summed E-state index contributed by atoms with van der Waals surface area (Å²) in [6.07, 6.45) is -2.89. The maximum atomic E-state index is 12.7. The summed E-state index contributed by atoms with van der Waals surface area (Å²) in [5.41, 5.74) is 1.39. The second kappa shape index (κ2) is 7.72. The van der Waals surface area contributed by atoms with Crippen LogP contribution >= 0.6 is 0 Å². The normalized spacial score (nSPS) is 12.2. The number of aromatic nitrogens is 2. The number of nitrogens with zero attached hydrogens (tertiary/aromatic N) is 3. The van der Waals surface area contributed by atoms with Crippen molar-refractivity contribution in [1.29, 1.82) is 5.26 Å². The van der Waals surface area contributed by atoms with Crippen LogP contribution in [0, 0.1) is 18.3 Å². The van der Waals surface area contributed by atoms with Crippen LogP contribution in [0.4, 0.5) is 18.9 Å². The minimum Gasteiger partial charge on any atom is -0.434 e. The fourth-order valence-corrected chi connectivity index (χ4v) is 2.58. The largest absolute Gasteiger partial charge is 0.434 e. The highest BCUT2D eigenvalue weighted by Gasteiger charge is 2.48. The van der Waals surface area contributed by atoms with E-state index in [9.17, 15) is 13.2 Å². The Labute approximate surface area is 165 Å². The van der Waals surface area contributed by atoms with Crippen LogP contribution in [0.1, 0.15) is 25.0 Å². The highest BCUT2D eigenvalue weighted by Crippen LogP contribution is 2.32. The van der Waals surface area contributed by atoms with Gasteiger partial charge in [-0.2, -0.15) is 18.4 Å². The van der Waals surface area contributed by atoms with Crippen molar-refractivity contribution in [2.24, 2.45) is 0 Å². The second-order valence-corrected chi connectivity index (χ2v) is 6.99. The van der Waals surface area contributed by atoms with E-state index in [2.05, 4.69) is 21.4 Å². The van der Waals surface area contributed by atoms with Crippen molar-refractivity contribution < 1.29 is 22.3 Å². The van der Waals surface area contributed by atoms with Crippen LogP contribution < -0.4 is 5.32 Å². The minimum absolute atomic E-state index is 0.111. The van der Waals surface area contributed by atoms with Crippen molar-refractivity contribution >= 4 is 16.8 Å². The number of alkyl halides is 3. The predicted octanol–water partition coefficient (Wildman–Crippen LogP) is 4.84. The molecule has 152 valence electrons. The van der Waals surface area contributed by atoms with Crippen LogP contribution in [0.25, 0.3) is 22.7 Å². The van der Waals surface area contributed by atoms with Gasteiger partial charge in [0.05, 0.1) is 30.1 Å². The Hall–Kier alpha value is -3.12. The number of rotatable bonds is 6. The molecule has 0 saturated heterocycles. The Morgan fingerprint density at radius 2 is 2.00 bits per heavy atom. The summed E-state index contributed by atoms with van der Waals surface area (Å²) in [5, 5.41) is 12.0. The number of nitrogens with one attached hydrogen (secondary N) is 1. The van der Waals surface area contributed by atoms with Gasteiger partial charge in [0.2, 0.25) is 5.89 Å². The molecule has 1 N–H and O–H groups in total. The quantitative estimate of drug-likeness (QED) is 0.592. The third kappa shape index (κ3) is 4.49. The lowest BCUT2D eigenvalue weighted by molar-refractivity contribution is -0.262. The predicted molar refractivity (Wildman–Crippen MR) is 101 cm³/mol. The van der Waals surface area contributed by atoms with Crippen molar-refractivity contribution in [1.82, 2.24) is 9.97 Å². The van der Waals surface area contributed by atoms with E-state index in [0.29, 0.717) is 33.9 Å². The molecule has 2 aromatic heterocycles. The molecule has 1 aromatic carbocycles. The van der Waals surface area contributed by atoms with Gasteiger partial charge >= 0.3 is 6.18 Å². The van der Waals surface area contributed by atoms with E-state index in [1.165, 1.54) is 6.20 Å². The summed E-state index contributed by atoms with van der Waals surface area (Å²) in [6, 6.07) is 8.86. The van der Waals surface area contributed by atoms with E-state index in [1.807, 2.05) is 6.92 Å². The maximum absolute atomic E-state index is 12.7. The molecule has 0 saturated carbocycles. The number of halogens is 3. The first-order valence-corrected chi connectivity index (χ1v) is 8.83. The first-order chi connectivity index (χ1) is 13.6. The van der Waals surface area contributed by atoms with Gasteiger partial charge in [-0.15, -0.1) is 0 Å². The second-order valence-electron chi connectivity index (χ2n) is 6.99. The van der Waals surface area contributed by atoms with Crippen LogP contribution in [0.2, 0.25) is 0 Å². The lowest BCUT2D eigenvalue weighted by Crippen LogP contribution is -2.42. The van der Waals surface area contributed by atoms with Crippen molar-refractivity contribution in [2.75, 3.05) is 18.5 Å². The van der Waals surface area contributed by atoms with Crippen molar-refractivity contribution in [3.63, 3.8) is 0 Å². The molecule has 0 amide bonds. The van der Waals surface area contributed by atoms with E-state index in [0.717, 1.165) is 19.4 Å². The van der Waals surface area contributed by atoms with Gasteiger partial charge in [-0.3, -0.25) is 0 Å².